The average molecular weight is 544 g/mol. The number of nitrogens with one attached hydrogen (secondary N) is 2. The van der Waals surface area contributed by atoms with Crippen LogP contribution in [0.2, 0.25) is 5.15 Å². The van der Waals surface area contributed by atoms with Gasteiger partial charge in [-0.05, 0) is 79.9 Å². The maximum Gasteiger partial charge on any atom is 0.227 e. The van der Waals surface area contributed by atoms with Crippen molar-refractivity contribution in [1.82, 2.24) is 19.9 Å². The van der Waals surface area contributed by atoms with Gasteiger partial charge in [0.25, 0.3) is 0 Å². The molecule has 2 N–H and O–H groups in total. The number of benzene rings is 2. The molecule has 2 aromatic heterocycles. The summed E-state index contributed by atoms with van der Waals surface area (Å²) < 4.78 is 0. The quantitative estimate of drug-likeness (QED) is 0.283. The van der Waals surface area contributed by atoms with Gasteiger partial charge >= 0.3 is 0 Å². The number of nitrogens with zero attached hydrogens (tertiary/aromatic N) is 5. The van der Waals surface area contributed by atoms with Gasteiger partial charge in [-0.25, -0.2) is 9.97 Å². The van der Waals surface area contributed by atoms with Crippen LogP contribution in [0.25, 0.3) is 10.9 Å². The molecule has 0 atom stereocenters. The Hall–Kier alpha value is -3.75. The number of fused-ring (bicyclic) bond motifs is 1. The van der Waals surface area contributed by atoms with Crippen molar-refractivity contribution < 1.29 is 4.79 Å². The van der Waals surface area contributed by atoms with Gasteiger partial charge in [0, 0.05) is 50.4 Å². The normalized spacial score (nSPS) is 14.4. The van der Waals surface area contributed by atoms with Crippen molar-refractivity contribution in [3.05, 3.63) is 82.6 Å². The van der Waals surface area contributed by atoms with Gasteiger partial charge in [-0.1, -0.05) is 35.9 Å². The second-order valence-corrected chi connectivity index (χ2v) is 10.8. The van der Waals surface area contributed by atoms with E-state index in [0.717, 1.165) is 71.6 Å². The lowest BCUT2D eigenvalue weighted by Crippen LogP contribution is -2.37. The maximum atomic E-state index is 12.9. The molecule has 1 saturated heterocycles. The van der Waals surface area contributed by atoms with Gasteiger partial charge in [-0.15, -0.1) is 0 Å². The lowest BCUT2D eigenvalue weighted by atomic mass is 9.95. The van der Waals surface area contributed by atoms with Crippen molar-refractivity contribution in [2.24, 2.45) is 5.92 Å². The van der Waals surface area contributed by atoms with Gasteiger partial charge in [0.2, 0.25) is 11.9 Å². The third kappa shape index (κ3) is 6.82. The molecule has 2 aromatic carbocycles. The number of anilines is 3. The highest BCUT2D eigenvalue weighted by molar-refractivity contribution is 6.29. The first kappa shape index (κ1) is 26.8. The Morgan fingerprint density at radius 3 is 2.46 bits per heavy atom. The Labute approximate surface area is 234 Å². The standard InChI is InChI=1S/C30H34ClN7O/c1-20-4-10-25-26(16-20)35-30(37(2)3)36-28(25)33-17-21-5-8-24(9-6-21)34-29(39)23-12-14-38(15-13-23)19-22-7-11-27(31)32-18-22/h4-11,16,18,23H,12-15,17,19H2,1-3H3,(H,34,39)(H,33,35,36). The Balaban J connectivity index is 1.14. The number of rotatable bonds is 8. The second kappa shape index (κ2) is 12.0. The predicted molar refractivity (Wildman–Crippen MR) is 158 cm³/mol. The van der Waals surface area contributed by atoms with Crippen molar-refractivity contribution in [3.63, 3.8) is 0 Å². The van der Waals surface area contributed by atoms with E-state index in [4.69, 9.17) is 16.6 Å². The number of aromatic nitrogens is 3. The Kier molecular flexibility index (Phi) is 8.24. The predicted octanol–water partition coefficient (Wildman–Crippen LogP) is 5.52. The zero-order valence-electron chi connectivity index (χ0n) is 22.6. The van der Waals surface area contributed by atoms with Crippen molar-refractivity contribution >= 4 is 45.9 Å². The molecule has 1 aliphatic rings. The summed E-state index contributed by atoms with van der Waals surface area (Å²) in [5.41, 5.74) is 5.13. The largest absolute Gasteiger partial charge is 0.365 e. The van der Waals surface area contributed by atoms with Crippen LogP contribution in [0.3, 0.4) is 0 Å². The first-order chi connectivity index (χ1) is 18.8. The molecule has 1 amide bonds. The number of carbonyl (C=O) groups is 1. The summed E-state index contributed by atoms with van der Waals surface area (Å²) in [6.45, 7) is 5.28. The number of hydrogen-bond donors (Lipinski definition) is 2. The summed E-state index contributed by atoms with van der Waals surface area (Å²) in [7, 11) is 3.88. The summed E-state index contributed by atoms with van der Waals surface area (Å²) in [4.78, 5) is 30.7. The molecule has 1 fully saturated rings. The molecule has 4 aromatic rings. The van der Waals surface area contributed by atoms with Crippen LogP contribution in [-0.4, -0.2) is 52.9 Å². The van der Waals surface area contributed by atoms with Gasteiger partial charge in [0.1, 0.15) is 11.0 Å². The van der Waals surface area contributed by atoms with E-state index in [-0.39, 0.29) is 11.8 Å². The van der Waals surface area contributed by atoms with Crippen LogP contribution in [0.1, 0.15) is 29.5 Å². The van der Waals surface area contributed by atoms with Gasteiger partial charge in [0.05, 0.1) is 5.52 Å². The molecule has 0 bridgehead atoms. The van der Waals surface area contributed by atoms with Crippen LogP contribution in [0.4, 0.5) is 17.5 Å². The van der Waals surface area contributed by atoms with Crippen LogP contribution in [0, 0.1) is 12.8 Å². The molecule has 0 aliphatic carbocycles. The summed E-state index contributed by atoms with van der Waals surface area (Å²) in [5, 5.41) is 8.08. The number of piperidine rings is 1. The minimum absolute atomic E-state index is 0.0199. The number of hydrogen-bond acceptors (Lipinski definition) is 7. The van der Waals surface area contributed by atoms with Crippen LogP contribution in [0.15, 0.2) is 60.8 Å². The zero-order chi connectivity index (χ0) is 27.4. The van der Waals surface area contributed by atoms with E-state index in [1.54, 1.807) is 0 Å². The number of pyridine rings is 1. The Bertz CT molecular complexity index is 1430. The molecule has 9 heteroatoms. The molecular weight excluding hydrogens is 510 g/mol. The van der Waals surface area contributed by atoms with E-state index in [0.29, 0.717) is 17.6 Å². The highest BCUT2D eigenvalue weighted by atomic mass is 35.5. The topological polar surface area (TPSA) is 86.3 Å². The molecule has 1 aliphatic heterocycles. The summed E-state index contributed by atoms with van der Waals surface area (Å²) in [5.74, 6) is 1.58. The molecule has 8 nitrogen and oxygen atoms in total. The van der Waals surface area contributed by atoms with Crippen LogP contribution in [-0.2, 0) is 17.9 Å². The molecule has 0 radical (unpaired) electrons. The van der Waals surface area contributed by atoms with Crippen LogP contribution in [0.5, 0.6) is 0 Å². The fourth-order valence-electron chi connectivity index (χ4n) is 4.81. The van der Waals surface area contributed by atoms with E-state index in [1.165, 1.54) is 0 Å². The third-order valence-corrected chi connectivity index (χ3v) is 7.30. The molecule has 202 valence electrons. The molecule has 0 unspecified atom stereocenters. The summed E-state index contributed by atoms with van der Waals surface area (Å²) >= 11 is 5.88. The number of aryl methyl sites for hydroxylation is 1. The highest BCUT2D eigenvalue weighted by Gasteiger charge is 2.25. The maximum absolute atomic E-state index is 12.9. The average Bonchev–Trinajstić information content (AvgIpc) is 2.93. The molecule has 0 spiro atoms. The lowest BCUT2D eigenvalue weighted by molar-refractivity contribution is -0.121. The molecule has 0 saturated carbocycles. The molecule has 39 heavy (non-hydrogen) atoms. The minimum atomic E-state index is 0.0199. The Morgan fingerprint density at radius 2 is 1.77 bits per heavy atom. The van der Waals surface area contributed by atoms with Gasteiger partial charge < -0.3 is 15.5 Å². The van der Waals surface area contributed by atoms with Gasteiger partial charge in [-0.3, -0.25) is 9.69 Å². The van der Waals surface area contributed by atoms with Crippen molar-refractivity contribution in [2.45, 2.75) is 32.9 Å². The fraction of sp³-hybridized carbons (Fsp3) is 0.333. The van der Waals surface area contributed by atoms with Gasteiger partial charge in [0.15, 0.2) is 0 Å². The molecular formula is C30H34ClN7O. The van der Waals surface area contributed by atoms with E-state index >= 15 is 0 Å². The number of likely N-dealkylation sites (tertiary alicyclic amines) is 1. The third-order valence-electron chi connectivity index (χ3n) is 7.08. The Morgan fingerprint density at radius 1 is 1.03 bits per heavy atom. The number of carbonyl (C=O) groups excluding carboxylic acids is 1. The van der Waals surface area contributed by atoms with Gasteiger partial charge in [-0.2, -0.15) is 4.98 Å². The van der Waals surface area contributed by atoms with E-state index < -0.39 is 0 Å². The lowest BCUT2D eigenvalue weighted by Gasteiger charge is -2.31. The minimum Gasteiger partial charge on any atom is -0.365 e. The zero-order valence-corrected chi connectivity index (χ0v) is 23.4. The van der Waals surface area contributed by atoms with E-state index in [1.807, 2.05) is 61.6 Å². The first-order valence-electron chi connectivity index (χ1n) is 13.3. The summed E-state index contributed by atoms with van der Waals surface area (Å²) in [6.07, 6.45) is 3.50. The number of amides is 1. The smallest absolute Gasteiger partial charge is 0.227 e. The highest BCUT2D eigenvalue weighted by Crippen LogP contribution is 2.25. The number of halogens is 1. The SMILES string of the molecule is Cc1ccc2c(NCc3ccc(NC(=O)C4CCN(Cc5ccc(Cl)nc5)CC4)cc3)nc(N(C)C)nc2c1. The molecule has 5 rings (SSSR count). The van der Waals surface area contributed by atoms with Crippen LogP contribution >= 0.6 is 11.6 Å². The van der Waals surface area contributed by atoms with Crippen LogP contribution < -0.4 is 15.5 Å². The fourth-order valence-corrected chi connectivity index (χ4v) is 4.92. The van der Waals surface area contributed by atoms with E-state index in [2.05, 4.69) is 50.6 Å². The van der Waals surface area contributed by atoms with Crippen molar-refractivity contribution in [3.8, 4) is 0 Å². The first-order valence-corrected chi connectivity index (χ1v) is 13.6. The van der Waals surface area contributed by atoms with Crippen molar-refractivity contribution in [1.29, 1.82) is 0 Å². The van der Waals surface area contributed by atoms with Crippen molar-refractivity contribution in [2.75, 3.05) is 42.7 Å². The monoisotopic (exact) mass is 543 g/mol. The summed E-state index contributed by atoms with van der Waals surface area (Å²) in [6, 6.07) is 18.0. The van der Waals surface area contributed by atoms with E-state index in [9.17, 15) is 4.79 Å². The second-order valence-electron chi connectivity index (χ2n) is 10.4. The molecule has 3 heterocycles.